The van der Waals surface area contributed by atoms with Gasteiger partial charge in [0.15, 0.2) is 6.04 Å². The van der Waals surface area contributed by atoms with Gasteiger partial charge in [-0.3, -0.25) is 9.59 Å². The number of carbonyl (C=O) groups is 3. The summed E-state index contributed by atoms with van der Waals surface area (Å²) in [4.78, 5) is 34.0. The van der Waals surface area contributed by atoms with Gasteiger partial charge in [0.1, 0.15) is 11.6 Å². The van der Waals surface area contributed by atoms with Crippen molar-refractivity contribution in [2.24, 2.45) is 0 Å². The largest absolute Gasteiger partial charge is 0.494 e. The van der Waals surface area contributed by atoms with E-state index in [-0.39, 0.29) is 17.0 Å². The van der Waals surface area contributed by atoms with E-state index < -0.39 is 29.4 Å². The van der Waals surface area contributed by atoms with Crippen LogP contribution in [-0.2, 0) is 9.59 Å². The standard InChI is InChI=1S/C11H8FNO5/c1-18-6-3-4(12)2-5-7(6)13-8(11(16)17)10(15)9(5)14/h2-3,8,13H,1H3,(H,16,17). The van der Waals surface area contributed by atoms with Crippen LogP contribution in [0.4, 0.5) is 10.1 Å². The van der Waals surface area contributed by atoms with Crippen LogP contribution >= 0.6 is 0 Å². The Bertz CT molecular complexity index is 569. The molecule has 0 aromatic heterocycles. The first kappa shape index (κ1) is 12.0. The summed E-state index contributed by atoms with van der Waals surface area (Å²) in [6.07, 6.45) is 0. The third-order valence-corrected chi connectivity index (χ3v) is 2.55. The molecule has 0 fully saturated rings. The molecule has 0 bridgehead atoms. The number of anilines is 1. The number of carbonyl (C=O) groups excluding carboxylic acids is 2. The summed E-state index contributed by atoms with van der Waals surface area (Å²) in [6, 6.07) is 0.182. The summed E-state index contributed by atoms with van der Waals surface area (Å²) in [5.41, 5.74) is -0.217. The minimum atomic E-state index is -1.68. The van der Waals surface area contributed by atoms with Crippen LogP contribution < -0.4 is 10.1 Å². The van der Waals surface area contributed by atoms with Crippen molar-refractivity contribution >= 4 is 23.2 Å². The molecule has 0 aliphatic carbocycles. The highest BCUT2D eigenvalue weighted by Gasteiger charge is 2.39. The van der Waals surface area contributed by atoms with Gasteiger partial charge in [0.25, 0.3) is 0 Å². The molecule has 94 valence electrons. The van der Waals surface area contributed by atoms with Crippen LogP contribution in [0.1, 0.15) is 10.4 Å². The van der Waals surface area contributed by atoms with Gasteiger partial charge in [-0.15, -0.1) is 0 Å². The number of fused-ring (bicyclic) bond motifs is 1. The molecule has 1 unspecified atom stereocenters. The van der Waals surface area contributed by atoms with Gasteiger partial charge in [0, 0.05) is 6.07 Å². The number of hydrogen-bond acceptors (Lipinski definition) is 5. The predicted octanol–water partition coefficient (Wildman–Crippen LogP) is 0.465. The van der Waals surface area contributed by atoms with Gasteiger partial charge in [-0.1, -0.05) is 0 Å². The summed E-state index contributed by atoms with van der Waals surface area (Å²) in [5.74, 6) is -4.44. The first-order chi connectivity index (χ1) is 8.45. The Hall–Kier alpha value is -2.44. The number of carboxylic acids is 1. The van der Waals surface area contributed by atoms with Crippen molar-refractivity contribution in [2.45, 2.75) is 6.04 Å². The Kier molecular flexibility index (Phi) is 2.74. The topological polar surface area (TPSA) is 92.7 Å². The van der Waals surface area contributed by atoms with Gasteiger partial charge < -0.3 is 15.2 Å². The van der Waals surface area contributed by atoms with Crippen molar-refractivity contribution in [1.29, 1.82) is 0 Å². The number of halogens is 1. The number of Topliss-reactive ketones (excluding diaryl/α,β-unsaturated/α-hetero) is 2. The molecule has 6 nitrogen and oxygen atoms in total. The van der Waals surface area contributed by atoms with Crippen molar-refractivity contribution in [3.05, 3.63) is 23.5 Å². The molecule has 1 aliphatic heterocycles. The molecule has 18 heavy (non-hydrogen) atoms. The average molecular weight is 253 g/mol. The van der Waals surface area contributed by atoms with Gasteiger partial charge in [-0.05, 0) is 6.07 Å². The monoisotopic (exact) mass is 253 g/mol. The maximum atomic E-state index is 13.2. The Labute approximate surface area is 100 Å². The lowest BCUT2D eigenvalue weighted by molar-refractivity contribution is -0.140. The normalized spacial score (nSPS) is 18.0. The number of carboxylic acid groups (broad SMARTS) is 1. The van der Waals surface area contributed by atoms with Crippen LogP contribution in [0.3, 0.4) is 0 Å². The number of rotatable bonds is 2. The van der Waals surface area contributed by atoms with Crippen LogP contribution in [0.25, 0.3) is 0 Å². The summed E-state index contributed by atoms with van der Waals surface area (Å²) >= 11 is 0. The number of aliphatic carboxylic acids is 1. The van der Waals surface area contributed by atoms with Crippen molar-refractivity contribution in [1.82, 2.24) is 0 Å². The van der Waals surface area contributed by atoms with Crippen molar-refractivity contribution in [2.75, 3.05) is 12.4 Å². The quantitative estimate of drug-likeness (QED) is 0.587. The molecule has 0 saturated heterocycles. The van der Waals surface area contributed by atoms with E-state index in [4.69, 9.17) is 9.84 Å². The molecule has 1 aromatic carbocycles. The molecule has 1 aliphatic rings. The predicted molar refractivity (Wildman–Crippen MR) is 57.3 cm³/mol. The van der Waals surface area contributed by atoms with E-state index in [1.54, 1.807) is 0 Å². The van der Waals surface area contributed by atoms with Crippen molar-refractivity contribution in [3.63, 3.8) is 0 Å². The molecule has 2 rings (SSSR count). The van der Waals surface area contributed by atoms with Crippen LogP contribution in [0, 0.1) is 5.82 Å². The van der Waals surface area contributed by atoms with Gasteiger partial charge in [-0.2, -0.15) is 0 Å². The van der Waals surface area contributed by atoms with Gasteiger partial charge in [0.2, 0.25) is 11.6 Å². The van der Waals surface area contributed by atoms with Gasteiger partial charge >= 0.3 is 5.97 Å². The minimum Gasteiger partial charge on any atom is -0.494 e. The third kappa shape index (κ3) is 1.69. The van der Waals surface area contributed by atoms with Crippen LogP contribution in [-0.4, -0.2) is 35.8 Å². The minimum absolute atomic E-state index is 0.0101. The molecule has 2 N–H and O–H groups in total. The molecule has 1 aromatic rings. The third-order valence-electron chi connectivity index (χ3n) is 2.55. The Morgan fingerprint density at radius 3 is 2.67 bits per heavy atom. The number of methoxy groups -OCH3 is 1. The Balaban J connectivity index is 2.62. The SMILES string of the molecule is COc1cc(F)cc2c1NC(C(=O)O)C(=O)C2=O. The second kappa shape index (κ2) is 4.10. The van der Waals surface area contributed by atoms with E-state index in [1.807, 2.05) is 0 Å². The average Bonchev–Trinajstić information content (AvgIpc) is 2.32. The summed E-state index contributed by atoms with van der Waals surface area (Å²) < 4.78 is 18.1. The van der Waals surface area contributed by atoms with E-state index in [0.29, 0.717) is 0 Å². The molecule has 7 heteroatoms. The molecule has 0 amide bonds. The van der Waals surface area contributed by atoms with E-state index in [0.717, 1.165) is 12.1 Å². The molecule has 1 atom stereocenters. The lowest BCUT2D eigenvalue weighted by Crippen LogP contribution is -2.45. The fourth-order valence-corrected chi connectivity index (χ4v) is 1.72. The number of benzene rings is 1. The first-order valence-electron chi connectivity index (χ1n) is 4.91. The van der Waals surface area contributed by atoms with E-state index in [1.165, 1.54) is 7.11 Å². The van der Waals surface area contributed by atoms with E-state index in [9.17, 15) is 18.8 Å². The maximum Gasteiger partial charge on any atom is 0.334 e. The maximum absolute atomic E-state index is 13.2. The molecule has 0 saturated carbocycles. The second-order valence-corrected chi connectivity index (χ2v) is 3.64. The van der Waals surface area contributed by atoms with E-state index >= 15 is 0 Å². The highest BCUT2D eigenvalue weighted by atomic mass is 19.1. The van der Waals surface area contributed by atoms with Gasteiger partial charge in [-0.25, -0.2) is 9.18 Å². The highest BCUT2D eigenvalue weighted by molar-refractivity contribution is 6.51. The molecule has 1 heterocycles. The molecule has 0 radical (unpaired) electrons. The zero-order valence-electron chi connectivity index (χ0n) is 9.19. The number of ether oxygens (including phenoxy) is 1. The molecular formula is C11H8FNO5. The van der Waals surface area contributed by atoms with Crippen LogP contribution in [0.15, 0.2) is 12.1 Å². The number of hydrogen-bond donors (Lipinski definition) is 2. The smallest absolute Gasteiger partial charge is 0.334 e. The van der Waals surface area contributed by atoms with Crippen molar-refractivity contribution in [3.8, 4) is 5.75 Å². The molecular weight excluding hydrogens is 245 g/mol. The Morgan fingerprint density at radius 2 is 2.11 bits per heavy atom. The lowest BCUT2D eigenvalue weighted by atomic mass is 9.95. The second-order valence-electron chi connectivity index (χ2n) is 3.64. The van der Waals surface area contributed by atoms with E-state index in [2.05, 4.69) is 5.32 Å². The number of nitrogens with one attached hydrogen (secondary N) is 1. The summed E-state index contributed by atoms with van der Waals surface area (Å²) in [7, 11) is 1.24. The zero-order chi connectivity index (χ0) is 13.4. The fraction of sp³-hybridized carbons (Fsp3) is 0.182. The highest BCUT2D eigenvalue weighted by Crippen LogP contribution is 2.33. The zero-order valence-corrected chi connectivity index (χ0v) is 9.19. The van der Waals surface area contributed by atoms with Crippen LogP contribution in [0.5, 0.6) is 5.75 Å². The summed E-state index contributed by atoms with van der Waals surface area (Å²) in [5, 5.41) is 11.2. The van der Waals surface area contributed by atoms with Gasteiger partial charge in [0.05, 0.1) is 18.4 Å². The molecule has 0 spiro atoms. The van der Waals surface area contributed by atoms with Crippen molar-refractivity contribution < 1.29 is 28.6 Å². The lowest BCUT2D eigenvalue weighted by Gasteiger charge is -2.23. The van der Waals surface area contributed by atoms with Crippen LogP contribution in [0.2, 0.25) is 0 Å². The summed E-state index contributed by atoms with van der Waals surface area (Å²) in [6.45, 7) is 0. The fourth-order valence-electron chi connectivity index (χ4n) is 1.72. The number of ketones is 2. The Morgan fingerprint density at radius 1 is 1.44 bits per heavy atom. The first-order valence-corrected chi connectivity index (χ1v) is 4.91.